The van der Waals surface area contributed by atoms with Crippen LogP contribution in [-0.4, -0.2) is 101 Å². The van der Waals surface area contributed by atoms with Crippen LogP contribution in [0.25, 0.3) is 33.1 Å². The van der Waals surface area contributed by atoms with Gasteiger partial charge in [-0.2, -0.15) is 0 Å². The first-order valence-corrected chi connectivity index (χ1v) is 48.1. The van der Waals surface area contributed by atoms with Crippen molar-refractivity contribution in [2.75, 3.05) is 28.4 Å². The van der Waals surface area contributed by atoms with Crippen molar-refractivity contribution in [1.29, 1.82) is 0 Å². The topological polar surface area (TPSA) is 224 Å². The molecule has 0 amide bonds. The second kappa shape index (κ2) is 53.4. The van der Waals surface area contributed by atoms with Gasteiger partial charge in [0.1, 0.15) is 53.9 Å². The molecular weight excluding hydrogens is 1860 g/mol. The molecule has 5 atom stereocenters. The Bertz CT molecular complexity index is 5780. The molecule has 14 aromatic rings. The van der Waals surface area contributed by atoms with Gasteiger partial charge in [0.15, 0.2) is 62.5 Å². The molecule has 8 aromatic carbocycles. The van der Waals surface area contributed by atoms with Gasteiger partial charge >= 0.3 is 0 Å². The number of phenolic OH excluding ortho intramolecular Hbond substituents is 1. The number of halogens is 5. The van der Waals surface area contributed by atoms with E-state index in [4.69, 9.17) is 94.8 Å². The third-order valence-corrected chi connectivity index (χ3v) is 34.2. The zero-order valence-corrected chi connectivity index (χ0v) is 79.2. The molecule has 704 valence electrons. The Morgan fingerprint density at radius 3 is 1.21 bits per heavy atom. The number of aldehydes is 2. The van der Waals surface area contributed by atoms with E-state index in [1.54, 1.807) is 64.8 Å². The molecule has 4 N–H and O–H groups in total. The standard InChI is InChI=1S/C29H35ClN2O3Si.C23H21ClN2O2.C16H15ClO3.C13H19IN2Si.C8H9ClO.C8H8O3.8CH4/c1-19(20-10-13-22(30)14-11-20)35-25-15-12-21(17-26(25)34-5)27(33)24-18-32(36(6,7)29(2,3)4)28-23(24)9-8-16-31-28;1-15(17-6-8-19(24)9-7-17)28-21-10-5-16(13-22(21)27-2)12-18-14-26-23-20(18)4-3-11-25-23;1-11(13-4-6-14(17)7-5-13)20-15-8-3-12(10-18)9-16(15)19-2;1-13(2,3)17(4,5)16-9-11(14)10-7-6-8-15-12(10)16;1-6(10)7-2-4-8(9)5-3-7;1-11-8-4-6(5-9)2-3-7(8)10;;;;;;;;/h8-19,27,33H,1-7H3;3-11,13-15H,12H2,1-2H3,(H,25,26);3-11H,1-2H3;6-9H,1-5H3;2-6,10H,1H3;2-5,10H,1H3;8*1H4. The van der Waals surface area contributed by atoms with E-state index in [1.807, 2.05) is 179 Å². The Labute approximate surface area is 810 Å². The van der Waals surface area contributed by atoms with Gasteiger partial charge in [-0.15, -0.1) is 0 Å². The van der Waals surface area contributed by atoms with E-state index < -0.39 is 28.7 Å². The van der Waals surface area contributed by atoms with E-state index in [0.29, 0.717) is 77.0 Å². The Hall–Kier alpha value is -10.2. The second-order valence-electron chi connectivity index (χ2n) is 32.1. The molecule has 6 heterocycles. The van der Waals surface area contributed by atoms with Gasteiger partial charge in [-0.1, -0.05) is 234 Å². The van der Waals surface area contributed by atoms with Crippen LogP contribution in [0.15, 0.2) is 243 Å². The lowest BCUT2D eigenvalue weighted by Crippen LogP contribution is -2.45. The number of ether oxygens (including phenoxy) is 7. The second-order valence-corrected chi connectivity index (χ2v) is 45.2. The van der Waals surface area contributed by atoms with Gasteiger partial charge < -0.3 is 61.9 Å². The number of fused-ring (bicyclic) bond motifs is 3. The molecule has 0 fully saturated rings. The molecule has 0 aliphatic carbocycles. The van der Waals surface area contributed by atoms with Crippen LogP contribution in [-0.2, 0) is 6.42 Å². The van der Waals surface area contributed by atoms with Gasteiger partial charge in [-0.3, -0.25) is 9.59 Å². The molecule has 6 aromatic heterocycles. The number of methoxy groups -OCH3 is 4. The third-order valence-electron chi connectivity index (χ3n) is 21.9. The number of nitrogens with zero attached hydrogens (tertiary/aromatic N) is 5. The smallest absolute Gasteiger partial charge is 0.163 e. The maximum Gasteiger partial charge on any atom is 0.163 e. The fourth-order valence-electron chi connectivity index (χ4n) is 12.7. The van der Waals surface area contributed by atoms with Crippen LogP contribution in [0.5, 0.6) is 46.0 Å². The summed E-state index contributed by atoms with van der Waals surface area (Å²) >= 11 is 25.9. The molecule has 0 bridgehead atoms. The van der Waals surface area contributed by atoms with Crippen molar-refractivity contribution in [2.24, 2.45) is 0 Å². The van der Waals surface area contributed by atoms with E-state index in [1.165, 1.54) is 39.8 Å². The molecule has 0 saturated carbocycles. The number of hydrogen-bond acceptors (Lipinski definition) is 15. The largest absolute Gasteiger partial charge is 0.504 e. The molecule has 0 radical (unpaired) electrons. The molecule has 0 spiro atoms. The Balaban J connectivity index is 0.000000809. The number of benzene rings is 8. The number of aromatic hydroxyl groups is 1. The lowest BCUT2D eigenvalue weighted by molar-refractivity contribution is 0.111. The van der Waals surface area contributed by atoms with Crippen LogP contribution in [0.2, 0.25) is 56.4 Å². The van der Waals surface area contributed by atoms with E-state index in [2.05, 4.69) is 144 Å². The highest BCUT2D eigenvalue weighted by atomic mass is 127. The lowest BCUT2D eigenvalue weighted by Gasteiger charge is -2.38. The number of nitrogens with one attached hydrogen (secondary N) is 1. The van der Waals surface area contributed by atoms with Gasteiger partial charge in [-0.05, 0) is 251 Å². The lowest BCUT2D eigenvalue weighted by atomic mass is 10.0. The minimum Gasteiger partial charge on any atom is -0.504 e. The number of carbonyl (C=O) groups is 2. The summed E-state index contributed by atoms with van der Waals surface area (Å²) in [7, 11) is 2.71. The number of H-pyrrole nitrogens is 1. The fourth-order valence-corrected chi connectivity index (χ4v) is 17.9. The van der Waals surface area contributed by atoms with E-state index in [-0.39, 0.29) is 88.5 Å². The fraction of sp³-hybridized carbons (Fsp3) is 0.324. The minimum atomic E-state index is -1.96. The first-order chi connectivity index (χ1) is 57.9. The summed E-state index contributed by atoms with van der Waals surface area (Å²) in [5.74, 6) is 4.11. The van der Waals surface area contributed by atoms with Crippen LogP contribution in [0.1, 0.15) is 224 Å². The number of rotatable bonds is 22. The number of carbonyl (C=O) groups excluding carboxylic acids is 2. The summed E-state index contributed by atoms with van der Waals surface area (Å²) in [6.07, 6.45) is 12.4. The molecule has 0 aliphatic rings. The molecule has 130 heavy (non-hydrogen) atoms. The van der Waals surface area contributed by atoms with Crippen molar-refractivity contribution in [3.63, 3.8) is 0 Å². The number of pyridine rings is 3. The van der Waals surface area contributed by atoms with Crippen LogP contribution < -0.4 is 33.2 Å². The first kappa shape index (κ1) is 118. The van der Waals surface area contributed by atoms with Gasteiger partial charge in [0.2, 0.25) is 0 Å². The minimum absolute atomic E-state index is 0. The van der Waals surface area contributed by atoms with Crippen molar-refractivity contribution >= 4 is 131 Å². The summed E-state index contributed by atoms with van der Waals surface area (Å²) in [5.41, 5.74) is 11.9. The predicted octanol–water partition coefficient (Wildman–Crippen LogP) is 31.2. The Kier molecular flexibility index (Phi) is 48.4. The average Bonchev–Trinajstić information content (AvgIpc) is 1.61. The molecule has 5 unspecified atom stereocenters. The number of phenols is 1. The molecule has 14 rings (SSSR count). The van der Waals surface area contributed by atoms with Crippen molar-refractivity contribution < 1.29 is 58.1 Å². The van der Waals surface area contributed by atoms with Crippen molar-refractivity contribution in [1.82, 2.24) is 28.4 Å². The first-order valence-electron chi connectivity index (χ1n) is 39.6. The zero-order valence-electron chi connectivity index (χ0n) is 72.0. The van der Waals surface area contributed by atoms with Gasteiger partial charge in [-0.25, -0.2) is 15.0 Å². The predicted molar refractivity (Wildman–Crippen MR) is 562 cm³/mol. The van der Waals surface area contributed by atoms with E-state index >= 15 is 0 Å². The number of hydrogen-bond donors (Lipinski definition) is 4. The average molecular weight is 2000 g/mol. The maximum absolute atomic E-state index is 11.5. The molecular formula is C105H139Cl4IN6O12Si2. The van der Waals surface area contributed by atoms with Crippen LogP contribution >= 0.6 is 69.0 Å². The van der Waals surface area contributed by atoms with Gasteiger partial charge in [0.25, 0.3) is 0 Å². The number of aliphatic hydroxyl groups is 2. The summed E-state index contributed by atoms with van der Waals surface area (Å²) < 4.78 is 45.5. The number of aromatic amines is 1. The Morgan fingerprint density at radius 1 is 0.431 bits per heavy atom. The molecule has 25 heteroatoms. The third kappa shape index (κ3) is 30.4. The van der Waals surface area contributed by atoms with E-state index in [0.717, 1.165) is 85.1 Å². The van der Waals surface area contributed by atoms with E-state index in [9.17, 15) is 14.7 Å². The summed E-state index contributed by atoms with van der Waals surface area (Å²) in [6.45, 7) is 31.0. The molecule has 0 saturated heterocycles. The highest BCUT2D eigenvalue weighted by Crippen LogP contribution is 2.44. The number of aliphatic hydroxyl groups excluding tert-OH is 2. The Morgan fingerprint density at radius 2 is 0.785 bits per heavy atom. The van der Waals surface area contributed by atoms with Crippen molar-refractivity contribution in [3.8, 4) is 46.0 Å². The molecule has 18 nitrogen and oxygen atoms in total. The SMILES string of the molecule is C.C.C.C.C.C.C.C.CC(C)(C)[Si](C)(C)n1cc(I)c2cccnc21.CC(O)c1ccc(Cl)cc1.COc1cc(C(O)c2cn([Si](C)(C)C(C)(C)C)c3ncccc23)ccc1OC(C)c1ccc(Cl)cc1.COc1cc(C=O)ccc1O.COc1cc(C=O)ccc1OC(C)c1ccc(Cl)cc1.COc1cc(Cc2c[nH]c3ncccc23)ccc1OC(C)c1ccc(Cl)cc1. The summed E-state index contributed by atoms with van der Waals surface area (Å²) in [4.78, 5) is 37.9. The van der Waals surface area contributed by atoms with Crippen LogP contribution in [0.4, 0.5) is 0 Å². The monoisotopic (exact) mass is 2000 g/mol. The van der Waals surface area contributed by atoms with Crippen molar-refractivity contribution in [3.05, 3.63) is 323 Å². The molecule has 0 aliphatic heterocycles. The summed E-state index contributed by atoms with van der Waals surface area (Å²) in [5, 5.41) is 36.3. The number of aromatic nitrogens is 6. The normalized spacial score (nSPS) is 11.8. The van der Waals surface area contributed by atoms with Crippen LogP contribution in [0, 0.1) is 3.57 Å². The highest BCUT2D eigenvalue weighted by molar-refractivity contribution is 14.1. The van der Waals surface area contributed by atoms with Gasteiger partial charge in [0.05, 0.1) is 34.5 Å². The van der Waals surface area contributed by atoms with Crippen LogP contribution in [0.3, 0.4) is 0 Å². The maximum atomic E-state index is 11.5. The summed E-state index contributed by atoms with van der Waals surface area (Å²) in [6, 6.07) is 63.2. The zero-order chi connectivity index (χ0) is 89.0. The van der Waals surface area contributed by atoms with Gasteiger partial charge in [0, 0.05) is 93.7 Å². The van der Waals surface area contributed by atoms with Crippen molar-refractivity contribution in [2.45, 2.75) is 202 Å². The quantitative estimate of drug-likeness (QED) is 0.0281. The highest BCUT2D eigenvalue weighted by Gasteiger charge is 2.41.